The maximum Gasteiger partial charge on any atom is 0.254 e. The molecule has 0 atom stereocenters. The fourth-order valence-corrected chi connectivity index (χ4v) is 2.51. The Hall–Kier alpha value is -2.93. The Balaban J connectivity index is 1.87. The van der Waals surface area contributed by atoms with Crippen molar-refractivity contribution < 1.29 is 4.79 Å². The molecule has 6 nitrogen and oxygen atoms in total. The normalized spacial score (nSPS) is 10.4. The zero-order valence-corrected chi connectivity index (χ0v) is 13.7. The van der Waals surface area contributed by atoms with Crippen LogP contribution in [0.2, 0.25) is 0 Å². The highest BCUT2D eigenvalue weighted by molar-refractivity contribution is 7.98. The van der Waals surface area contributed by atoms with Crippen LogP contribution in [0.5, 0.6) is 0 Å². The van der Waals surface area contributed by atoms with Crippen molar-refractivity contribution in [2.75, 3.05) is 11.6 Å². The molecule has 3 N–H and O–H groups in total. The van der Waals surface area contributed by atoms with E-state index in [4.69, 9.17) is 5.73 Å². The highest BCUT2D eigenvalue weighted by Crippen LogP contribution is 2.24. The minimum Gasteiger partial charge on any atom is -0.365 e. The third-order valence-electron chi connectivity index (χ3n) is 3.38. The summed E-state index contributed by atoms with van der Waals surface area (Å²) in [4.78, 5) is 24.0. The van der Waals surface area contributed by atoms with Crippen molar-refractivity contribution in [1.82, 2.24) is 15.0 Å². The molecule has 0 aliphatic heterocycles. The van der Waals surface area contributed by atoms with Gasteiger partial charge in [-0.25, -0.2) is 9.97 Å². The van der Waals surface area contributed by atoms with E-state index in [1.54, 1.807) is 12.4 Å². The largest absolute Gasteiger partial charge is 0.365 e. The molecule has 2 heterocycles. The van der Waals surface area contributed by atoms with Crippen molar-refractivity contribution in [1.29, 1.82) is 0 Å². The molecule has 0 bridgehead atoms. The number of carbonyl (C=O) groups is 1. The number of carbonyl (C=O) groups excluding carboxylic acids is 1. The van der Waals surface area contributed by atoms with Crippen LogP contribution in [-0.4, -0.2) is 27.1 Å². The maximum atomic E-state index is 11.5. The monoisotopic (exact) mass is 337 g/mol. The van der Waals surface area contributed by atoms with E-state index in [1.165, 1.54) is 18.0 Å². The van der Waals surface area contributed by atoms with Crippen LogP contribution in [0.1, 0.15) is 10.4 Å². The lowest BCUT2D eigenvalue weighted by Gasteiger charge is -2.10. The Morgan fingerprint density at radius 1 is 1.08 bits per heavy atom. The number of nitrogens with zero attached hydrogens (tertiary/aromatic N) is 3. The molecular formula is C17H15N5OS. The van der Waals surface area contributed by atoms with Gasteiger partial charge >= 0.3 is 0 Å². The lowest BCUT2D eigenvalue weighted by Crippen LogP contribution is -2.15. The van der Waals surface area contributed by atoms with Crippen LogP contribution >= 0.6 is 11.8 Å². The number of nitrogens with one attached hydrogen (secondary N) is 1. The predicted molar refractivity (Wildman–Crippen MR) is 95.3 cm³/mol. The highest BCUT2D eigenvalue weighted by atomic mass is 32.2. The van der Waals surface area contributed by atoms with Gasteiger partial charge in [0.05, 0.1) is 0 Å². The summed E-state index contributed by atoms with van der Waals surface area (Å²) >= 11 is 1.39. The summed E-state index contributed by atoms with van der Waals surface area (Å²) < 4.78 is 0. The number of amides is 1. The van der Waals surface area contributed by atoms with E-state index >= 15 is 0 Å². The van der Waals surface area contributed by atoms with Gasteiger partial charge in [0.2, 0.25) is 0 Å². The quantitative estimate of drug-likeness (QED) is 0.549. The van der Waals surface area contributed by atoms with Gasteiger partial charge in [-0.2, -0.15) is 0 Å². The van der Waals surface area contributed by atoms with Gasteiger partial charge in [0.1, 0.15) is 11.4 Å². The first-order valence-corrected chi connectivity index (χ1v) is 8.38. The van der Waals surface area contributed by atoms with Crippen LogP contribution in [0.15, 0.2) is 60.1 Å². The summed E-state index contributed by atoms with van der Waals surface area (Å²) in [6.07, 6.45) is 6.82. The number of benzene rings is 1. The zero-order chi connectivity index (χ0) is 16.9. The predicted octanol–water partition coefficient (Wildman–Crippen LogP) is 3.10. The smallest absolute Gasteiger partial charge is 0.254 e. The van der Waals surface area contributed by atoms with Crippen molar-refractivity contribution in [3.8, 4) is 11.1 Å². The van der Waals surface area contributed by atoms with Gasteiger partial charge in [-0.1, -0.05) is 23.9 Å². The number of hydrogen-bond donors (Lipinski definition) is 2. The van der Waals surface area contributed by atoms with E-state index in [0.29, 0.717) is 11.0 Å². The number of hydrogen-bond acceptors (Lipinski definition) is 6. The number of rotatable bonds is 5. The summed E-state index contributed by atoms with van der Waals surface area (Å²) in [5, 5.41) is 3.70. The second kappa shape index (κ2) is 7.10. The number of anilines is 2. The first-order valence-electron chi connectivity index (χ1n) is 7.15. The fourth-order valence-electron chi connectivity index (χ4n) is 2.17. The Kier molecular flexibility index (Phi) is 4.72. The van der Waals surface area contributed by atoms with Crippen LogP contribution in [0.4, 0.5) is 11.5 Å². The molecule has 0 radical (unpaired) electrons. The Labute approximate surface area is 143 Å². The molecule has 2 aromatic heterocycles. The van der Waals surface area contributed by atoms with Gasteiger partial charge in [-0.15, -0.1) is 0 Å². The van der Waals surface area contributed by atoms with Crippen molar-refractivity contribution in [2.24, 2.45) is 5.73 Å². The summed E-state index contributed by atoms with van der Waals surface area (Å²) in [7, 11) is 0. The summed E-state index contributed by atoms with van der Waals surface area (Å²) in [5.41, 5.74) is 8.61. The van der Waals surface area contributed by atoms with Crippen LogP contribution in [0.3, 0.4) is 0 Å². The third-order valence-corrected chi connectivity index (χ3v) is 3.94. The molecule has 3 aromatic rings. The molecular weight excluding hydrogens is 322 g/mol. The fraction of sp³-hybridized carbons (Fsp3) is 0.0588. The van der Waals surface area contributed by atoms with Crippen molar-refractivity contribution in [3.63, 3.8) is 0 Å². The Morgan fingerprint density at radius 3 is 2.38 bits per heavy atom. The van der Waals surface area contributed by atoms with Crippen molar-refractivity contribution >= 4 is 29.2 Å². The van der Waals surface area contributed by atoms with Crippen LogP contribution in [0.25, 0.3) is 11.1 Å². The molecule has 0 fully saturated rings. The van der Waals surface area contributed by atoms with E-state index < -0.39 is 5.91 Å². The van der Waals surface area contributed by atoms with Crippen LogP contribution in [-0.2, 0) is 0 Å². The number of nitrogens with two attached hydrogens (primary N) is 1. The van der Waals surface area contributed by atoms with Gasteiger partial charge in [-0.3, -0.25) is 9.78 Å². The minimum absolute atomic E-state index is 0.256. The van der Waals surface area contributed by atoms with Crippen LogP contribution in [0, 0.1) is 0 Å². The summed E-state index contributed by atoms with van der Waals surface area (Å²) in [6, 6.07) is 11.7. The molecule has 7 heteroatoms. The molecule has 0 unspecified atom stereocenters. The minimum atomic E-state index is -0.571. The second-order valence-electron chi connectivity index (χ2n) is 4.92. The topological polar surface area (TPSA) is 93.8 Å². The van der Waals surface area contributed by atoms with E-state index in [2.05, 4.69) is 20.3 Å². The van der Waals surface area contributed by atoms with E-state index in [-0.39, 0.29) is 5.56 Å². The number of pyridine rings is 1. The van der Waals surface area contributed by atoms with E-state index in [1.807, 2.05) is 42.7 Å². The first-order chi connectivity index (χ1) is 11.7. The summed E-state index contributed by atoms with van der Waals surface area (Å²) in [6.45, 7) is 0. The van der Waals surface area contributed by atoms with E-state index in [9.17, 15) is 4.79 Å². The number of aromatic nitrogens is 3. The van der Waals surface area contributed by atoms with Gasteiger partial charge in [-0.05, 0) is 41.6 Å². The zero-order valence-electron chi connectivity index (χ0n) is 12.9. The molecule has 24 heavy (non-hydrogen) atoms. The maximum absolute atomic E-state index is 11.5. The molecule has 1 amide bonds. The Morgan fingerprint density at radius 2 is 1.75 bits per heavy atom. The first kappa shape index (κ1) is 15.9. The molecule has 3 rings (SSSR count). The van der Waals surface area contributed by atoms with Crippen molar-refractivity contribution in [3.05, 3.63) is 60.6 Å². The molecule has 120 valence electrons. The summed E-state index contributed by atoms with van der Waals surface area (Å²) in [5.74, 6) is -0.169. The molecule has 0 saturated heterocycles. The number of primary amides is 1. The highest BCUT2D eigenvalue weighted by Gasteiger charge is 2.12. The Bertz CT molecular complexity index is 853. The SMILES string of the molecule is CSc1ncc(C(N)=O)c(Nc2ccc(-c3ccncc3)cc2)n1. The molecule has 0 aliphatic rings. The van der Waals surface area contributed by atoms with Gasteiger partial charge < -0.3 is 11.1 Å². The molecule has 1 aromatic carbocycles. The molecule has 0 spiro atoms. The average Bonchev–Trinajstić information content (AvgIpc) is 2.63. The van der Waals surface area contributed by atoms with Crippen LogP contribution < -0.4 is 11.1 Å². The van der Waals surface area contributed by atoms with E-state index in [0.717, 1.165) is 16.8 Å². The second-order valence-corrected chi connectivity index (χ2v) is 5.69. The lowest BCUT2D eigenvalue weighted by molar-refractivity contribution is 0.100. The van der Waals surface area contributed by atoms with Gasteiger partial charge in [0, 0.05) is 24.3 Å². The number of thioether (sulfide) groups is 1. The lowest BCUT2D eigenvalue weighted by atomic mass is 10.1. The molecule has 0 aliphatic carbocycles. The third kappa shape index (κ3) is 3.52. The average molecular weight is 337 g/mol. The van der Waals surface area contributed by atoms with Crippen molar-refractivity contribution in [2.45, 2.75) is 5.16 Å². The van der Waals surface area contributed by atoms with Gasteiger partial charge in [0.25, 0.3) is 5.91 Å². The van der Waals surface area contributed by atoms with Gasteiger partial charge in [0.15, 0.2) is 5.16 Å². The molecule has 0 saturated carbocycles. The standard InChI is InChI=1S/C17H15N5OS/c1-24-17-20-10-14(15(18)23)16(22-17)21-13-4-2-11(3-5-13)12-6-8-19-9-7-12/h2-10H,1H3,(H2,18,23)(H,20,21,22).